The average Bonchev–Trinajstić information content (AvgIpc) is 3.19. The number of carbonyl (C=O) groups is 1. The molecule has 4 rings (SSSR count). The molecule has 6 nitrogen and oxygen atoms in total. The zero-order chi connectivity index (χ0) is 15.8. The van der Waals surface area contributed by atoms with E-state index in [0.717, 1.165) is 36.8 Å². The molecule has 120 valence electrons. The Bertz CT molecular complexity index is 700. The van der Waals surface area contributed by atoms with Gasteiger partial charge in [-0.15, -0.1) is 0 Å². The van der Waals surface area contributed by atoms with Crippen LogP contribution in [-0.4, -0.2) is 46.1 Å². The molecular weight excluding hydrogens is 294 g/mol. The van der Waals surface area contributed by atoms with Gasteiger partial charge in [-0.05, 0) is 31.2 Å². The third-order valence-corrected chi connectivity index (χ3v) is 4.43. The minimum Gasteiger partial charge on any atom is -0.465 e. The van der Waals surface area contributed by atoms with Crippen LogP contribution in [0.15, 0.2) is 40.9 Å². The molecular formula is C17H19N3O3. The van der Waals surface area contributed by atoms with Crippen molar-refractivity contribution >= 4 is 6.09 Å². The first kappa shape index (κ1) is 14.3. The number of hydrogen-bond donors (Lipinski definition) is 0. The largest absolute Gasteiger partial charge is 0.465 e. The predicted molar refractivity (Wildman–Crippen MR) is 82.6 cm³/mol. The Kier molecular flexibility index (Phi) is 3.53. The molecule has 2 aromatic rings. The molecule has 0 saturated carbocycles. The SMILES string of the molecule is Cc1ccc(CN2C[C@H]3OC(=O)N(Cc4ccccn4)[C@H]3C2)o1. The number of nitrogens with zero attached hydrogens (tertiary/aromatic N) is 3. The van der Waals surface area contributed by atoms with Crippen LogP contribution in [0.3, 0.4) is 0 Å². The Balaban J connectivity index is 1.43. The van der Waals surface area contributed by atoms with Crippen molar-refractivity contribution in [2.24, 2.45) is 0 Å². The number of amides is 1. The van der Waals surface area contributed by atoms with E-state index in [0.29, 0.717) is 6.54 Å². The lowest BCUT2D eigenvalue weighted by Crippen LogP contribution is -2.37. The average molecular weight is 313 g/mol. The van der Waals surface area contributed by atoms with Crippen LogP contribution in [0.4, 0.5) is 4.79 Å². The molecule has 0 aromatic carbocycles. The summed E-state index contributed by atoms with van der Waals surface area (Å²) in [7, 11) is 0. The predicted octanol–water partition coefficient (Wildman–Crippen LogP) is 2.19. The Hall–Kier alpha value is -2.34. The van der Waals surface area contributed by atoms with Crippen LogP contribution in [0, 0.1) is 6.92 Å². The standard InChI is InChI=1S/C17H19N3O3/c1-12-5-6-14(22-12)9-19-10-15-16(11-19)23-17(21)20(15)8-13-4-2-3-7-18-13/h2-7,15-16H,8-11H2,1H3/t15-,16+/m0/s1. The van der Waals surface area contributed by atoms with E-state index in [9.17, 15) is 4.79 Å². The van der Waals surface area contributed by atoms with Crippen molar-refractivity contribution in [2.45, 2.75) is 32.2 Å². The maximum absolute atomic E-state index is 12.1. The molecule has 4 heterocycles. The van der Waals surface area contributed by atoms with Gasteiger partial charge >= 0.3 is 6.09 Å². The van der Waals surface area contributed by atoms with E-state index in [4.69, 9.17) is 9.15 Å². The number of aryl methyl sites for hydroxylation is 1. The summed E-state index contributed by atoms with van der Waals surface area (Å²) >= 11 is 0. The smallest absolute Gasteiger partial charge is 0.410 e. The van der Waals surface area contributed by atoms with Gasteiger partial charge in [-0.25, -0.2) is 4.79 Å². The van der Waals surface area contributed by atoms with E-state index in [1.807, 2.05) is 37.3 Å². The Morgan fingerprint density at radius 3 is 2.87 bits per heavy atom. The van der Waals surface area contributed by atoms with Crippen molar-refractivity contribution in [3.8, 4) is 0 Å². The molecule has 6 heteroatoms. The molecule has 2 saturated heterocycles. The molecule has 1 amide bonds. The van der Waals surface area contributed by atoms with E-state index in [1.54, 1.807) is 11.1 Å². The van der Waals surface area contributed by atoms with Crippen molar-refractivity contribution in [1.29, 1.82) is 0 Å². The lowest BCUT2D eigenvalue weighted by molar-refractivity contribution is 0.118. The molecule has 2 aliphatic heterocycles. The molecule has 0 radical (unpaired) electrons. The number of fused-ring (bicyclic) bond motifs is 1. The normalized spacial score (nSPS) is 24.0. The zero-order valence-electron chi connectivity index (χ0n) is 13.0. The van der Waals surface area contributed by atoms with E-state index in [2.05, 4.69) is 9.88 Å². The molecule has 2 aromatic heterocycles. The van der Waals surface area contributed by atoms with E-state index in [1.165, 1.54) is 0 Å². The first-order valence-corrected chi connectivity index (χ1v) is 7.84. The number of pyridine rings is 1. The summed E-state index contributed by atoms with van der Waals surface area (Å²) in [5.74, 6) is 1.87. The Labute approximate surface area is 134 Å². The lowest BCUT2D eigenvalue weighted by Gasteiger charge is -2.21. The van der Waals surface area contributed by atoms with Gasteiger partial charge in [0.2, 0.25) is 0 Å². The summed E-state index contributed by atoms with van der Waals surface area (Å²) in [5.41, 5.74) is 0.880. The van der Waals surface area contributed by atoms with Crippen molar-refractivity contribution < 1.29 is 13.9 Å². The number of rotatable bonds is 4. The summed E-state index contributed by atoms with van der Waals surface area (Å²) < 4.78 is 11.2. The van der Waals surface area contributed by atoms with Gasteiger partial charge in [-0.1, -0.05) is 6.07 Å². The summed E-state index contributed by atoms with van der Waals surface area (Å²) in [6.45, 7) is 4.72. The van der Waals surface area contributed by atoms with Gasteiger partial charge in [-0.3, -0.25) is 14.8 Å². The molecule has 2 atom stereocenters. The van der Waals surface area contributed by atoms with Crippen LogP contribution in [0.1, 0.15) is 17.2 Å². The second kappa shape index (κ2) is 5.70. The van der Waals surface area contributed by atoms with Gasteiger partial charge in [0.05, 0.1) is 24.8 Å². The van der Waals surface area contributed by atoms with Gasteiger partial charge in [0.1, 0.15) is 17.6 Å². The summed E-state index contributed by atoms with van der Waals surface area (Å²) in [5, 5.41) is 0. The summed E-state index contributed by atoms with van der Waals surface area (Å²) in [6.07, 6.45) is 1.44. The van der Waals surface area contributed by atoms with Crippen LogP contribution >= 0.6 is 0 Å². The maximum atomic E-state index is 12.1. The summed E-state index contributed by atoms with van der Waals surface area (Å²) in [6, 6.07) is 9.79. The quantitative estimate of drug-likeness (QED) is 0.866. The van der Waals surface area contributed by atoms with E-state index in [-0.39, 0.29) is 18.2 Å². The van der Waals surface area contributed by atoms with Crippen LogP contribution in [0.25, 0.3) is 0 Å². The molecule has 0 bridgehead atoms. The van der Waals surface area contributed by atoms with Crippen molar-refractivity contribution in [1.82, 2.24) is 14.8 Å². The molecule has 2 fully saturated rings. The number of aromatic nitrogens is 1. The fourth-order valence-electron chi connectivity index (χ4n) is 3.35. The zero-order valence-corrected chi connectivity index (χ0v) is 13.0. The first-order chi connectivity index (χ1) is 11.2. The lowest BCUT2D eigenvalue weighted by atomic mass is 10.2. The van der Waals surface area contributed by atoms with Gasteiger partial charge in [0.25, 0.3) is 0 Å². The van der Waals surface area contributed by atoms with Gasteiger partial charge in [-0.2, -0.15) is 0 Å². The second-order valence-electron chi connectivity index (χ2n) is 6.14. The number of likely N-dealkylation sites (tertiary alicyclic amines) is 1. The molecule has 23 heavy (non-hydrogen) atoms. The first-order valence-electron chi connectivity index (χ1n) is 7.84. The third kappa shape index (κ3) is 2.82. The number of hydrogen-bond acceptors (Lipinski definition) is 5. The van der Waals surface area contributed by atoms with Crippen molar-refractivity contribution in [2.75, 3.05) is 13.1 Å². The fourth-order valence-corrected chi connectivity index (χ4v) is 3.35. The molecule has 0 spiro atoms. The fraction of sp³-hybridized carbons (Fsp3) is 0.412. The second-order valence-corrected chi connectivity index (χ2v) is 6.14. The van der Waals surface area contributed by atoms with Crippen LogP contribution in [0.5, 0.6) is 0 Å². The Morgan fingerprint density at radius 1 is 1.22 bits per heavy atom. The van der Waals surface area contributed by atoms with Crippen molar-refractivity contribution in [3.05, 3.63) is 53.7 Å². The number of furan rings is 1. The van der Waals surface area contributed by atoms with Gasteiger partial charge in [0.15, 0.2) is 0 Å². The highest BCUT2D eigenvalue weighted by Crippen LogP contribution is 2.29. The summed E-state index contributed by atoms with van der Waals surface area (Å²) in [4.78, 5) is 20.5. The van der Waals surface area contributed by atoms with Crippen molar-refractivity contribution in [3.63, 3.8) is 0 Å². The van der Waals surface area contributed by atoms with Crippen LogP contribution in [-0.2, 0) is 17.8 Å². The van der Waals surface area contributed by atoms with Crippen LogP contribution < -0.4 is 0 Å². The van der Waals surface area contributed by atoms with Crippen LogP contribution in [0.2, 0.25) is 0 Å². The minimum atomic E-state index is -0.237. The monoisotopic (exact) mass is 313 g/mol. The minimum absolute atomic E-state index is 0.0673. The highest BCUT2D eigenvalue weighted by atomic mass is 16.6. The molecule has 0 N–H and O–H groups in total. The molecule has 0 unspecified atom stereocenters. The maximum Gasteiger partial charge on any atom is 0.410 e. The highest BCUT2D eigenvalue weighted by molar-refractivity contribution is 5.71. The topological polar surface area (TPSA) is 58.8 Å². The number of carbonyl (C=O) groups excluding carboxylic acids is 1. The molecule has 0 aliphatic carbocycles. The van der Waals surface area contributed by atoms with E-state index >= 15 is 0 Å². The van der Waals surface area contributed by atoms with Gasteiger partial charge in [0, 0.05) is 19.3 Å². The highest BCUT2D eigenvalue weighted by Gasteiger charge is 2.47. The number of ether oxygens (including phenoxy) is 1. The van der Waals surface area contributed by atoms with E-state index < -0.39 is 0 Å². The van der Waals surface area contributed by atoms with Gasteiger partial charge < -0.3 is 9.15 Å². The third-order valence-electron chi connectivity index (χ3n) is 4.43. The molecule has 2 aliphatic rings. The Morgan fingerprint density at radius 2 is 2.13 bits per heavy atom.